The van der Waals surface area contributed by atoms with E-state index < -0.39 is 10.0 Å². The van der Waals surface area contributed by atoms with Crippen molar-refractivity contribution in [2.24, 2.45) is 0 Å². The second-order valence-electron chi connectivity index (χ2n) is 5.06. The quantitative estimate of drug-likeness (QED) is 0.710. The molecule has 0 aliphatic heterocycles. The van der Waals surface area contributed by atoms with Gasteiger partial charge in [0.25, 0.3) is 10.0 Å². The summed E-state index contributed by atoms with van der Waals surface area (Å²) in [7, 11) is -3.49. The molecule has 0 aromatic carbocycles. The molecule has 0 bridgehead atoms. The molecule has 1 aromatic rings. The third-order valence-electron chi connectivity index (χ3n) is 2.88. The molecule has 0 amide bonds. The Labute approximate surface area is 108 Å². The van der Waals surface area contributed by atoms with E-state index in [1.54, 1.807) is 0 Å². The molecule has 1 saturated carbocycles. The Hall–Kier alpha value is -0.920. The van der Waals surface area contributed by atoms with Crippen molar-refractivity contribution in [1.29, 1.82) is 0 Å². The fourth-order valence-corrected chi connectivity index (χ4v) is 3.14. The number of aryl methyl sites for hydroxylation is 1. The Bertz CT molecular complexity index is 517. The molecule has 0 spiro atoms. The van der Waals surface area contributed by atoms with Crippen LogP contribution >= 0.6 is 0 Å². The van der Waals surface area contributed by atoms with Crippen molar-refractivity contribution in [1.82, 2.24) is 20.2 Å². The monoisotopic (exact) mass is 272 g/mol. The summed E-state index contributed by atoms with van der Waals surface area (Å²) in [5.41, 5.74) is 1.51. The Balaban J connectivity index is 2.21. The van der Waals surface area contributed by atoms with Crippen LogP contribution in [0.15, 0.2) is 5.03 Å². The number of H-pyrrole nitrogens is 1. The van der Waals surface area contributed by atoms with Crippen molar-refractivity contribution < 1.29 is 8.42 Å². The number of nitrogens with zero attached hydrogens (tertiary/aromatic N) is 1. The van der Waals surface area contributed by atoms with Gasteiger partial charge >= 0.3 is 0 Å². The lowest BCUT2D eigenvalue weighted by Gasteiger charge is -2.09. The van der Waals surface area contributed by atoms with E-state index >= 15 is 0 Å². The van der Waals surface area contributed by atoms with Gasteiger partial charge in [-0.05, 0) is 19.8 Å². The standard InChI is InChI=1S/C11H20N4O2S/c1-7(2)12-6-10-8(3)13-14-11(10)18(16,17)15-9-4-5-9/h7,9,12,15H,4-6H2,1-3H3,(H,13,14). The van der Waals surface area contributed by atoms with Gasteiger partial charge in [-0.15, -0.1) is 0 Å². The van der Waals surface area contributed by atoms with E-state index in [1.807, 2.05) is 20.8 Å². The van der Waals surface area contributed by atoms with Crippen molar-refractivity contribution in [3.63, 3.8) is 0 Å². The van der Waals surface area contributed by atoms with Crippen molar-refractivity contribution in [2.45, 2.75) is 57.3 Å². The molecular weight excluding hydrogens is 252 g/mol. The maximum absolute atomic E-state index is 12.1. The molecule has 7 heteroatoms. The van der Waals surface area contributed by atoms with Crippen LogP contribution in [0.4, 0.5) is 0 Å². The normalized spacial score (nSPS) is 16.4. The van der Waals surface area contributed by atoms with Gasteiger partial charge in [0.05, 0.1) is 0 Å². The molecule has 0 atom stereocenters. The molecule has 1 aliphatic rings. The molecule has 102 valence electrons. The molecule has 3 N–H and O–H groups in total. The third kappa shape index (κ3) is 3.09. The molecule has 0 unspecified atom stereocenters. The molecule has 1 aromatic heterocycles. The Kier molecular flexibility index (Phi) is 3.74. The van der Waals surface area contributed by atoms with E-state index in [2.05, 4.69) is 20.2 Å². The van der Waals surface area contributed by atoms with Gasteiger partial charge in [0.2, 0.25) is 0 Å². The minimum absolute atomic E-state index is 0.0953. The summed E-state index contributed by atoms with van der Waals surface area (Å²) in [4.78, 5) is 0. The van der Waals surface area contributed by atoms with Crippen LogP contribution in [0.3, 0.4) is 0 Å². The molecule has 6 nitrogen and oxygen atoms in total. The van der Waals surface area contributed by atoms with Crippen LogP contribution in [0.2, 0.25) is 0 Å². The van der Waals surface area contributed by atoms with Gasteiger partial charge in [0.1, 0.15) is 0 Å². The lowest BCUT2D eigenvalue weighted by atomic mass is 10.2. The Morgan fingerprint density at radius 2 is 2.11 bits per heavy atom. The minimum atomic E-state index is -3.49. The fourth-order valence-electron chi connectivity index (χ4n) is 1.64. The van der Waals surface area contributed by atoms with Crippen LogP contribution in [0.25, 0.3) is 0 Å². The number of rotatable bonds is 6. The van der Waals surface area contributed by atoms with Gasteiger partial charge < -0.3 is 5.32 Å². The molecule has 2 rings (SSSR count). The van der Waals surface area contributed by atoms with Gasteiger partial charge in [-0.25, -0.2) is 13.1 Å². The van der Waals surface area contributed by atoms with Crippen LogP contribution in [-0.4, -0.2) is 30.7 Å². The lowest BCUT2D eigenvalue weighted by molar-refractivity contribution is 0.563. The summed E-state index contributed by atoms with van der Waals surface area (Å²) < 4.78 is 26.9. The van der Waals surface area contributed by atoms with Crippen LogP contribution in [0.5, 0.6) is 0 Å². The van der Waals surface area contributed by atoms with Gasteiger partial charge in [0, 0.05) is 29.9 Å². The van der Waals surface area contributed by atoms with Crippen LogP contribution in [0.1, 0.15) is 37.9 Å². The maximum Gasteiger partial charge on any atom is 0.260 e. The summed E-state index contributed by atoms with van der Waals surface area (Å²) >= 11 is 0. The van der Waals surface area contributed by atoms with Gasteiger partial charge in [-0.1, -0.05) is 13.8 Å². The summed E-state index contributed by atoms with van der Waals surface area (Å²) in [5, 5.41) is 10.0. The average molecular weight is 272 g/mol. The first kappa shape index (κ1) is 13.5. The zero-order chi connectivity index (χ0) is 13.3. The highest BCUT2D eigenvalue weighted by Crippen LogP contribution is 2.23. The lowest BCUT2D eigenvalue weighted by Crippen LogP contribution is -2.28. The Morgan fingerprint density at radius 3 is 2.67 bits per heavy atom. The zero-order valence-corrected chi connectivity index (χ0v) is 11.8. The topological polar surface area (TPSA) is 86.9 Å². The first-order valence-corrected chi connectivity index (χ1v) is 7.68. The molecule has 0 radical (unpaired) electrons. The zero-order valence-electron chi connectivity index (χ0n) is 10.9. The van der Waals surface area contributed by atoms with E-state index in [-0.39, 0.29) is 11.1 Å². The number of sulfonamides is 1. The van der Waals surface area contributed by atoms with E-state index in [0.717, 1.165) is 24.1 Å². The molecule has 1 heterocycles. The predicted molar refractivity (Wildman–Crippen MR) is 68.6 cm³/mol. The Morgan fingerprint density at radius 1 is 1.44 bits per heavy atom. The largest absolute Gasteiger partial charge is 0.310 e. The molecule has 18 heavy (non-hydrogen) atoms. The van der Waals surface area contributed by atoms with Gasteiger partial charge in [-0.3, -0.25) is 5.10 Å². The number of hydrogen-bond donors (Lipinski definition) is 3. The second-order valence-corrected chi connectivity index (χ2v) is 6.69. The van der Waals surface area contributed by atoms with Crippen LogP contribution in [0, 0.1) is 6.92 Å². The maximum atomic E-state index is 12.1. The van der Waals surface area contributed by atoms with E-state index in [9.17, 15) is 8.42 Å². The molecule has 1 fully saturated rings. The fraction of sp³-hybridized carbons (Fsp3) is 0.727. The highest BCUT2D eigenvalue weighted by molar-refractivity contribution is 7.89. The van der Waals surface area contributed by atoms with Gasteiger partial charge in [-0.2, -0.15) is 5.10 Å². The van der Waals surface area contributed by atoms with Crippen molar-refractivity contribution in [3.8, 4) is 0 Å². The highest BCUT2D eigenvalue weighted by Gasteiger charge is 2.31. The van der Waals surface area contributed by atoms with E-state index in [4.69, 9.17) is 0 Å². The predicted octanol–water partition coefficient (Wildman–Crippen LogP) is 0.657. The number of aromatic amines is 1. The van der Waals surface area contributed by atoms with Crippen LogP contribution < -0.4 is 10.0 Å². The molecule has 0 saturated heterocycles. The first-order valence-electron chi connectivity index (χ1n) is 6.19. The minimum Gasteiger partial charge on any atom is -0.310 e. The summed E-state index contributed by atoms with van der Waals surface area (Å²) in [6.45, 7) is 6.37. The molecular formula is C11H20N4O2S. The summed E-state index contributed by atoms with van der Waals surface area (Å²) in [6.07, 6.45) is 1.84. The van der Waals surface area contributed by atoms with Gasteiger partial charge in [0.15, 0.2) is 5.03 Å². The first-order chi connectivity index (χ1) is 8.40. The number of nitrogens with one attached hydrogen (secondary N) is 3. The highest BCUT2D eigenvalue weighted by atomic mass is 32.2. The smallest absolute Gasteiger partial charge is 0.260 e. The van der Waals surface area contributed by atoms with Crippen molar-refractivity contribution in [3.05, 3.63) is 11.3 Å². The third-order valence-corrected chi connectivity index (χ3v) is 4.37. The van der Waals surface area contributed by atoms with E-state index in [1.165, 1.54) is 0 Å². The average Bonchev–Trinajstić information content (AvgIpc) is 2.96. The SMILES string of the molecule is Cc1[nH]nc(S(=O)(=O)NC2CC2)c1CNC(C)C. The summed E-state index contributed by atoms with van der Waals surface area (Å²) in [6, 6.07) is 0.393. The van der Waals surface area contributed by atoms with Crippen LogP contribution in [-0.2, 0) is 16.6 Å². The van der Waals surface area contributed by atoms with E-state index in [0.29, 0.717) is 12.6 Å². The second kappa shape index (κ2) is 4.99. The molecule has 1 aliphatic carbocycles. The number of hydrogen-bond acceptors (Lipinski definition) is 4. The number of aromatic nitrogens is 2. The van der Waals surface area contributed by atoms with Crippen molar-refractivity contribution >= 4 is 10.0 Å². The van der Waals surface area contributed by atoms with Crippen molar-refractivity contribution in [2.75, 3.05) is 0 Å². The summed E-state index contributed by atoms with van der Waals surface area (Å²) in [5.74, 6) is 0.